The van der Waals surface area contributed by atoms with E-state index < -0.39 is 0 Å². The van der Waals surface area contributed by atoms with E-state index in [1.165, 1.54) is 0 Å². The van der Waals surface area contributed by atoms with Crippen LogP contribution in [-0.4, -0.2) is 19.7 Å². The Kier molecular flexibility index (Phi) is 3.79. The van der Waals surface area contributed by atoms with E-state index in [1.807, 2.05) is 23.9 Å². The zero-order chi connectivity index (χ0) is 12.4. The van der Waals surface area contributed by atoms with Crippen molar-refractivity contribution in [2.75, 3.05) is 0 Å². The molecule has 92 valence electrons. The first kappa shape index (κ1) is 12.5. The van der Waals surface area contributed by atoms with Crippen LogP contribution in [0.1, 0.15) is 41.7 Å². The predicted octanol–water partition coefficient (Wildman–Crippen LogP) is 3.09. The Bertz CT molecular complexity index is 505. The molecular weight excluding hydrogens is 256 g/mol. The number of thiazole rings is 1. The van der Waals surface area contributed by atoms with Crippen molar-refractivity contribution in [1.82, 2.24) is 19.7 Å². The molecule has 2 aromatic rings. The van der Waals surface area contributed by atoms with Gasteiger partial charge in [-0.05, 0) is 20.3 Å². The SMILES string of the molecule is CCC(c1nc(CCl)cs1)n1nc(C)nc1C. The first-order valence-corrected chi connectivity index (χ1v) is 6.97. The monoisotopic (exact) mass is 270 g/mol. The van der Waals surface area contributed by atoms with Crippen LogP contribution in [0, 0.1) is 13.8 Å². The lowest BCUT2D eigenvalue weighted by molar-refractivity contribution is 0.490. The van der Waals surface area contributed by atoms with Crippen LogP contribution in [-0.2, 0) is 5.88 Å². The van der Waals surface area contributed by atoms with Gasteiger partial charge < -0.3 is 0 Å². The molecule has 2 aromatic heterocycles. The van der Waals surface area contributed by atoms with Crippen molar-refractivity contribution < 1.29 is 0 Å². The summed E-state index contributed by atoms with van der Waals surface area (Å²) < 4.78 is 1.95. The number of alkyl halides is 1. The number of rotatable bonds is 4. The van der Waals surface area contributed by atoms with Gasteiger partial charge in [-0.2, -0.15) is 5.10 Å². The van der Waals surface area contributed by atoms with Crippen molar-refractivity contribution in [3.8, 4) is 0 Å². The number of aromatic nitrogens is 4. The van der Waals surface area contributed by atoms with Gasteiger partial charge in [0.15, 0.2) is 0 Å². The second-order valence-corrected chi connectivity index (χ2v) is 5.04. The lowest BCUT2D eigenvalue weighted by atomic mass is 10.2. The average Bonchev–Trinajstić information content (AvgIpc) is 2.88. The summed E-state index contributed by atoms with van der Waals surface area (Å²) in [5.41, 5.74) is 0.930. The molecule has 0 radical (unpaired) electrons. The van der Waals surface area contributed by atoms with E-state index in [0.717, 1.165) is 28.8 Å². The highest BCUT2D eigenvalue weighted by molar-refractivity contribution is 7.09. The predicted molar refractivity (Wildman–Crippen MR) is 69.6 cm³/mol. The molecule has 0 amide bonds. The van der Waals surface area contributed by atoms with Crippen molar-refractivity contribution in [2.45, 2.75) is 39.1 Å². The molecule has 1 unspecified atom stereocenters. The van der Waals surface area contributed by atoms with Crippen LogP contribution >= 0.6 is 22.9 Å². The third-order valence-corrected chi connectivity index (χ3v) is 3.85. The number of halogens is 1. The van der Waals surface area contributed by atoms with Gasteiger partial charge in [-0.1, -0.05) is 6.92 Å². The van der Waals surface area contributed by atoms with Gasteiger partial charge in [0.2, 0.25) is 0 Å². The zero-order valence-electron chi connectivity index (χ0n) is 10.1. The lowest BCUT2D eigenvalue weighted by Gasteiger charge is -2.13. The van der Waals surface area contributed by atoms with Crippen LogP contribution in [0.25, 0.3) is 0 Å². The molecule has 0 bridgehead atoms. The second kappa shape index (κ2) is 5.14. The van der Waals surface area contributed by atoms with Crippen LogP contribution in [0.4, 0.5) is 0 Å². The third-order valence-electron chi connectivity index (χ3n) is 2.58. The Balaban J connectivity index is 2.36. The summed E-state index contributed by atoms with van der Waals surface area (Å²) in [6.07, 6.45) is 0.943. The van der Waals surface area contributed by atoms with Gasteiger partial charge in [-0.25, -0.2) is 14.6 Å². The van der Waals surface area contributed by atoms with Crippen LogP contribution in [0.2, 0.25) is 0 Å². The van der Waals surface area contributed by atoms with E-state index in [4.69, 9.17) is 11.6 Å². The molecule has 2 rings (SSSR count). The van der Waals surface area contributed by atoms with Crippen LogP contribution in [0.3, 0.4) is 0 Å². The maximum absolute atomic E-state index is 5.78. The maximum atomic E-state index is 5.78. The van der Waals surface area contributed by atoms with Crippen LogP contribution in [0.15, 0.2) is 5.38 Å². The van der Waals surface area contributed by atoms with Crippen molar-refractivity contribution in [3.05, 3.63) is 27.7 Å². The largest absolute Gasteiger partial charge is 0.243 e. The number of aryl methyl sites for hydroxylation is 2. The van der Waals surface area contributed by atoms with Gasteiger partial charge in [0.05, 0.1) is 11.6 Å². The Morgan fingerprint density at radius 3 is 2.65 bits per heavy atom. The molecule has 0 aliphatic carbocycles. The smallest absolute Gasteiger partial charge is 0.147 e. The Morgan fingerprint density at radius 1 is 1.41 bits per heavy atom. The summed E-state index contributed by atoms with van der Waals surface area (Å²) >= 11 is 7.41. The summed E-state index contributed by atoms with van der Waals surface area (Å²) in [4.78, 5) is 8.86. The van der Waals surface area contributed by atoms with E-state index in [2.05, 4.69) is 22.0 Å². The Labute approximate surface area is 110 Å². The Morgan fingerprint density at radius 2 is 2.18 bits per heavy atom. The van der Waals surface area contributed by atoms with Crippen molar-refractivity contribution >= 4 is 22.9 Å². The Hall–Kier alpha value is -0.940. The fourth-order valence-electron chi connectivity index (χ4n) is 1.82. The van der Waals surface area contributed by atoms with Gasteiger partial charge >= 0.3 is 0 Å². The fourth-order valence-corrected chi connectivity index (χ4v) is 3.04. The molecule has 17 heavy (non-hydrogen) atoms. The fraction of sp³-hybridized carbons (Fsp3) is 0.545. The minimum absolute atomic E-state index is 0.165. The molecular formula is C11H15ClN4S. The van der Waals surface area contributed by atoms with E-state index in [0.29, 0.717) is 5.88 Å². The minimum atomic E-state index is 0.165. The lowest BCUT2D eigenvalue weighted by Crippen LogP contribution is -2.13. The number of hydrogen-bond acceptors (Lipinski definition) is 4. The molecule has 4 nitrogen and oxygen atoms in total. The summed E-state index contributed by atoms with van der Waals surface area (Å²) in [6.45, 7) is 6.00. The first-order valence-electron chi connectivity index (χ1n) is 5.55. The first-order chi connectivity index (χ1) is 8.15. The van der Waals surface area contributed by atoms with Gasteiger partial charge in [0.25, 0.3) is 0 Å². The summed E-state index contributed by atoms with van der Waals surface area (Å²) in [6, 6.07) is 0.165. The van der Waals surface area contributed by atoms with E-state index in [1.54, 1.807) is 11.3 Å². The number of nitrogens with zero attached hydrogens (tertiary/aromatic N) is 4. The molecule has 0 saturated heterocycles. The molecule has 0 spiro atoms. The normalized spacial score (nSPS) is 12.9. The van der Waals surface area contributed by atoms with Crippen molar-refractivity contribution in [2.24, 2.45) is 0 Å². The van der Waals surface area contributed by atoms with E-state index >= 15 is 0 Å². The number of hydrogen-bond donors (Lipinski definition) is 0. The zero-order valence-corrected chi connectivity index (χ0v) is 11.7. The van der Waals surface area contributed by atoms with Gasteiger partial charge in [-0.3, -0.25) is 0 Å². The minimum Gasteiger partial charge on any atom is -0.243 e. The molecule has 6 heteroatoms. The van der Waals surface area contributed by atoms with Crippen molar-refractivity contribution in [1.29, 1.82) is 0 Å². The van der Waals surface area contributed by atoms with Crippen LogP contribution in [0.5, 0.6) is 0 Å². The topological polar surface area (TPSA) is 43.6 Å². The van der Waals surface area contributed by atoms with Gasteiger partial charge in [0, 0.05) is 5.38 Å². The molecule has 0 saturated carbocycles. The van der Waals surface area contributed by atoms with Gasteiger partial charge in [-0.15, -0.1) is 22.9 Å². The maximum Gasteiger partial charge on any atom is 0.147 e. The molecule has 1 atom stereocenters. The third kappa shape index (κ3) is 2.50. The quantitative estimate of drug-likeness (QED) is 0.802. The summed E-state index contributed by atoms with van der Waals surface area (Å²) in [5, 5.41) is 7.49. The molecule has 2 heterocycles. The molecule has 0 aromatic carbocycles. The molecule has 0 aliphatic heterocycles. The van der Waals surface area contributed by atoms with Crippen molar-refractivity contribution in [3.63, 3.8) is 0 Å². The summed E-state index contributed by atoms with van der Waals surface area (Å²) in [7, 11) is 0. The molecule has 0 fully saturated rings. The highest BCUT2D eigenvalue weighted by Crippen LogP contribution is 2.26. The molecule has 0 N–H and O–H groups in total. The highest BCUT2D eigenvalue weighted by Gasteiger charge is 2.19. The average molecular weight is 271 g/mol. The molecule has 0 aliphatic rings. The van der Waals surface area contributed by atoms with Crippen LogP contribution < -0.4 is 0 Å². The standard InChI is InChI=1S/C11H15ClN4S/c1-4-10(11-14-9(5-12)6-17-11)16-8(3)13-7(2)15-16/h6,10H,4-5H2,1-3H3. The second-order valence-electron chi connectivity index (χ2n) is 3.89. The van der Waals surface area contributed by atoms with Gasteiger partial charge in [0.1, 0.15) is 22.7 Å². The van der Waals surface area contributed by atoms with E-state index in [-0.39, 0.29) is 6.04 Å². The van der Waals surface area contributed by atoms with E-state index in [9.17, 15) is 0 Å². The summed E-state index contributed by atoms with van der Waals surface area (Å²) in [5.74, 6) is 2.19. The highest BCUT2D eigenvalue weighted by atomic mass is 35.5.